The fraction of sp³-hybridized carbons (Fsp3) is 0.250. The Morgan fingerprint density at radius 3 is 2.46 bits per heavy atom. The maximum atomic E-state index is 12.3. The smallest absolute Gasteiger partial charge is 0.273 e. The van der Waals surface area contributed by atoms with Gasteiger partial charge in [0, 0.05) is 6.54 Å². The van der Waals surface area contributed by atoms with Crippen molar-refractivity contribution in [1.29, 1.82) is 0 Å². The topological polar surface area (TPSA) is 69.0 Å². The molecule has 0 spiro atoms. The largest absolute Gasteiger partial charge is 0.494 e. The zero-order valence-electron chi connectivity index (χ0n) is 15.2. The summed E-state index contributed by atoms with van der Waals surface area (Å²) < 4.78 is 7.03. The number of carbonyl (C=O) groups excluding carboxylic acids is 1. The van der Waals surface area contributed by atoms with Gasteiger partial charge in [0.05, 0.1) is 18.5 Å². The van der Waals surface area contributed by atoms with Gasteiger partial charge in [0.1, 0.15) is 5.75 Å². The highest BCUT2D eigenvalue weighted by Crippen LogP contribution is 2.14. The zero-order valence-corrected chi connectivity index (χ0v) is 15.2. The van der Waals surface area contributed by atoms with Gasteiger partial charge >= 0.3 is 0 Å². The molecule has 3 rings (SSSR count). The van der Waals surface area contributed by atoms with Crippen molar-refractivity contribution in [2.24, 2.45) is 0 Å². The number of amides is 1. The van der Waals surface area contributed by atoms with Gasteiger partial charge < -0.3 is 10.1 Å². The summed E-state index contributed by atoms with van der Waals surface area (Å²) in [5.74, 6) is 0.563. The molecule has 0 unspecified atom stereocenters. The minimum absolute atomic E-state index is 0.255. The lowest BCUT2D eigenvalue weighted by Gasteiger charge is -2.06. The minimum Gasteiger partial charge on any atom is -0.494 e. The monoisotopic (exact) mass is 350 g/mol. The van der Waals surface area contributed by atoms with Gasteiger partial charge in [-0.25, -0.2) is 4.68 Å². The van der Waals surface area contributed by atoms with Crippen LogP contribution in [-0.4, -0.2) is 27.5 Å². The lowest BCUT2D eigenvalue weighted by atomic mass is 10.1. The molecule has 1 heterocycles. The molecule has 134 valence electrons. The number of nitrogens with zero attached hydrogens (tertiary/aromatic N) is 3. The Labute approximate surface area is 152 Å². The second-order valence-corrected chi connectivity index (χ2v) is 6.15. The molecule has 6 heteroatoms. The van der Waals surface area contributed by atoms with Crippen LogP contribution in [0.3, 0.4) is 0 Å². The second kappa shape index (κ2) is 7.82. The van der Waals surface area contributed by atoms with E-state index >= 15 is 0 Å². The maximum Gasteiger partial charge on any atom is 0.273 e. The number of aryl methyl sites for hydroxylation is 2. The third-order valence-electron chi connectivity index (χ3n) is 3.88. The highest BCUT2D eigenvalue weighted by atomic mass is 16.5. The molecule has 0 aliphatic rings. The number of ether oxygens (including phenoxy) is 1. The van der Waals surface area contributed by atoms with E-state index in [0.717, 1.165) is 28.1 Å². The molecule has 2 aromatic carbocycles. The van der Waals surface area contributed by atoms with Gasteiger partial charge in [0.25, 0.3) is 5.91 Å². The third kappa shape index (κ3) is 4.27. The molecule has 0 saturated heterocycles. The quantitative estimate of drug-likeness (QED) is 0.741. The summed E-state index contributed by atoms with van der Waals surface area (Å²) in [6.07, 6.45) is 1.64. The average Bonchev–Trinajstić information content (AvgIpc) is 3.11. The van der Waals surface area contributed by atoms with E-state index in [0.29, 0.717) is 13.2 Å². The number of aromatic nitrogens is 3. The molecular formula is C20H22N4O2. The van der Waals surface area contributed by atoms with Crippen molar-refractivity contribution in [2.75, 3.05) is 6.61 Å². The van der Waals surface area contributed by atoms with Crippen LogP contribution in [-0.2, 0) is 6.54 Å². The Hall–Kier alpha value is -3.15. The van der Waals surface area contributed by atoms with Gasteiger partial charge in [-0.1, -0.05) is 23.4 Å². The summed E-state index contributed by atoms with van der Waals surface area (Å²) in [5.41, 5.74) is 4.44. The molecule has 0 atom stereocenters. The van der Waals surface area contributed by atoms with Gasteiger partial charge in [-0.05, 0) is 61.7 Å². The van der Waals surface area contributed by atoms with Crippen LogP contribution in [0.5, 0.6) is 5.75 Å². The Bertz CT molecular complexity index is 880. The van der Waals surface area contributed by atoms with E-state index < -0.39 is 0 Å². The summed E-state index contributed by atoms with van der Waals surface area (Å²) >= 11 is 0. The standard InChI is InChI=1S/C20H22N4O2/c1-4-26-18-7-5-16(6-8-18)12-21-20(25)19-13-24(23-22-19)17-10-14(2)9-15(3)11-17/h5-11,13H,4,12H2,1-3H3,(H,21,25). The van der Waals surface area contributed by atoms with Crippen molar-refractivity contribution in [2.45, 2.75) is 27.3 Å². The lowest BCUT2D eigenvalue weighted by molar-refractivity contribution is 0.0946. The Kier molecular flexibility index (Phi) is 5.31. The van der Waals surface area contributed by atoms with Crippen molar-refractivity contribution in [1.82, 2.24) is 20.3 Å². The van der Waals surface area contributed by atoms with Gasteiger partial charge in [0.15, 0.2) is 5.69 Å². The molecule has 6 nitrogen and oxygen atoms in total. The van der Waals surface area contributed by atoms with E-state index in [1.165, 1.54) is 0 Å². The fourth-order valence-electron chi connectivity index (χ4n) is 2.72. The summed E-state index contributed by atoms with van der Waals surface area (Å²) in [6.45, 7) is 7.04. The summed E-state index contributed by atoms with van der Waals surface area (Å²) in [6, 6.07) is 13.7. The van der Waals surface area contributed by atoms with Gasteiger partial charge in [-0.2, -0.15) is 0 Å². The first-order chi connectivity index (χ1) is 12.5. The van der Waals surface area contributed by atoms with E-state index in [-0.39, 0.29) is 11.6 Å². The zero-order chi connectivity index (χ0) is 18.5. The normalized spacial score (nSPS) is 10.6. The highest BCUT2D eigenvalue weighted by molar-refractivity contribution is 5.91. The average molecular weight is 350 g/mol. The molecule has 0 radical (unpaired) electrons. The molecular weight excluding hydrogens is 328 g/mol. The number of hydrogen-bond donors (Lipinski definition) is 1. The second-order valence-electron chi connectivity index (χ2n) is 6.15. The van der Waals surface area contributed by atoms with Gasteiger partial charge in [-0.15, -0.1) is 5.10 Å². The molecule has 26 heavy (non-hydrogen) atoms. The van der Waals surface area contributed by atoms with Crippen molar-refractivity contribution < 1.29 is 9.53 Å². The molecule has 1 aromatic heterocycles. The Morgan fingerprint density at radius 2 is 1.81 bits per heavy atom. The Morgan fingerprint density at radius 1 is 1.12 bits per heavy atom. The molecule has 1 N–H and O–H groups in total. The maximum absolute atomic E-state index is 12.3. The van der Waals surface area contributed by atoms with Crippen LogP contribution in [0, 0.1) is 13.8 Å². The third-order valence-corrected chi connectivity index (χ3v) is 3.88. The number of hydrogen-bond acceptors (Lipinski definition) is 4. The van der Waals surface area contributed by atoms with Crippen LogP contribution in [0.4, 0.5) is 0 Å². The van der Waals surface area contributed by atoms with Crippen LogP contribution < -0.4 is 10.1 Å². The first-order valence-electron chi connectivity index (χ1n) is 8.56. The Balaban J connectivity index is 1.64. The van der Waals surface area contributed by atoms with E-state index in [4.69, 9.17) is 4.74 Å². The highest BCUT2D eigenvalue weighted by Gasteiger charge is 2.11. The van der Waals surface area contributed by atoms with Crippen LogP contribution in [0.1, 0.15) is 34.1 Å². The number of carbonyl (C=O) groups is 1. The van der Waals surface area contributed by atoms with Gasteiger partial charge in [0.2, 0.25) is 0 Å². The summed E-state index contributed by atoms with van der Waals surface area (Å²) in [4.78, 5) is 12.3. The van der Waals surface area contributed by atoms with E-state index in [2.05, 4.69) is 21.7 Å². The van der Waals surface area contributed by atoms with Crippen LogP contribution >= 0.6 is 0 Å². The minimum atomic E-state index is -0.255. The fourth-order valence-corrected chi connectivity index (χ4v) is 2.72. The predicted octanol–water partition coefficient (Wildman–Crippen LogP) is 3.21. The first kappa shape index (κ1) is 17.7. The first-order valence-corrected chi connectivity index (χ1v) is 8.56. The summed E-state index contributed by atoms with van der Waals surface area (Å²) in [7, 11) is 0. The van der Waals surface area contributed by atoms with Crippen molar-refractivity contribution >= 4 is 5.91 Å². The molecule has 0 saturated carbocycles. The molecule has 0 bridgehead atoms. The van der Waals surface area contributed by atoms with Crippen molar-refractivity contribution in [3.05, 3.63) is 71.0 Å². The van der Waals surface area contributed by atoms with Crippen LogP contribution in [0.15, 0.2) is 48.7 Å². The summed E-state index contributed by atoms with van der Waals surface area (Å²) in [5, 5.41) is 10.9. The number of benzene rings is 2. The molecule has 1 amide bonds. The predicted molar refractivity (Wildman–Crippen MR) is 99.6 cm³/mol. The van der Waals surface area contributed by atoms with Crippen LogP contribution in [0.25, 0.3) is 5.69 Å². The number of nitrogens with one attached hydrogen (secondary N) is 1. The van der Waals surface area contributed by atoms with E-state index in [1.807, 2.05) is 57.2 Å². The molecule has 0 aliphatic carbocycles. The number of rotatable bonds is 6. The van der Waals surface area contributed by atoms with Crippen LogP contribution in [0.2, 0.25) is 0 Å². The molecule has 0 fully saturated rings. The molecule has 0 aliphatic heterocycles. The lowest BCUT2D eigenvalue weighted by Crippen LogP contribution is -2.23. The van der Waals surface area contributed by atoms with Crippen molar-refractivity contribution in [3.63, 3.8) is 0 Å². The van der Waals surface area contributed by atoms with E-state index in [1.54, 1.807) is 10.9 Å². The van der Waals surface area contributed by atoms with Gasteiger partial charge in [-0.3, -0.25) is 4.79 Å². The molecule has 3 aromatic rings. The van der Waals surface area contributed by atoms with Crippen molar-refractivity contribution in [3.8, 4) is 11.4 Å². The SMILES string of the molecule is CCOc1ccc(CNC(=O)c2cn(-c3cc(C)cc(C)c3)nn2)cc1. The van der Waals surface area contributed by atoms with E-state index in [9.17, 15) is 4.79 Å².